The number of amides is 1. The van der Waals surface area contributed by atoms with Crippen LogP contribution in [0.1, 0.15) is 16.2 Å². The molecule has 84 valence electrons. The van der Waals surface area contributed by atoms with E-state index in [0.29, 0.717) is 17.3 Å². The van der Waals surface area contributed by atoms with Crippen LogP contribution in [0.25, 0.3) is 21.8 Å². The lowest BCUT2D eigenvalue weighted by molar-refractivity contribution is 0.100. The summed E-state index contributed by atoms with van der Waals surface area (Å²) in [5.74, 6) is 0.294. The molecule has 1 aromatic carbocycles. The molecular weight excluding hydrogens is 222 g/mol. The van der Waals surface area contributed by atoms with Crippen LogP contribution in [-0.4, -0.2) is 16.0 Å². The minimum Gasteiger partial charge on any atom is -0.339 e. The molecule has 0 N–H and O–H groups in total. The molecule has 17 heavy (non-hydrogen) atoms. The Hall–Kier alpha value is -2.66. The average molecular weight is 229 g/mol. The van der Waals surface area contributed by atoms with Crippen LogP contribution in [0.4, 0.5) is 0 Å². The summed E-state index contributed by atoms with van der Waals surface area (Å²) in [6.45, 7) is 1.69. The summed E-state index contributed by atoms with van der Waals surface area (Å²) in [6.07, 6.45) is 0. The Balaban J connectivity index is 2.30. The third-order valence-electron chi connectivity index (χ3n) is 2.05. The summed E-state index contributed by atoms with van der Waals surface area (Å²) >= 11 is 0. The third kappa shape index (κ3) is 2.30. The Labute approximate surface area is 95.7 Å². The monoisotopic (exact) mass is 229 g/mol. The highest BCUT2D eigenvalue weighted by Crippen LogP contribution is 2.16. The summed E-state index contributed by atoms with van der Waals surface area (Å²) in [4.78, 5) is 17.7. The molecule has 0 aliphatic carbocycles. The van der Waals surface area contributed by atoms with Crippen molar-refractivity contribution in [1.29, 1.82) is 0 Å². The van der Waals surface area contributed by atoms with Gasteiger partial charge in [-0.3, -0.25) is 4.79 Å². The fourth-order valence-corrected chi connectivity index (χ4v) is 1.28. The first-order valence-electron chi connectivity index (χ1n) is 4.71. The lowest BCUT2D eigenvalue weighted by atomic mass is 10.1. The third-order valence-corrected chi connectivity index (χ3v) is 2.05. The molecule has 7 heteroatoms. The van der Waals surface area contributed by atoms with E-state index in [1.54, 1.807) is 19.1 Å². The molecule has 0 spiro atoms. The van der Waals surface area contributed by atoms with Gasteiger partial charge in [0.25, 0.3) is 0 Å². The van der Waals surface area contributed by atoms with Gasteiger partial charge in [0.1, 0.15) is 0 Å². The van der Waals surface area contributed by atoms with Gasteiger partial charge in [0.05, 0.1) is 0 Å². The fraction of sp³-hybridized carbons (Fsp3) is 0.100. The van der Waals surface area contributed by atoms with Crippen molar-refractivity contribution in [2.45, 2.75) is 6.92 Å². The highest BCUT2D eigenvalue weighted by Gasteiger charge is 2.07. The molecule has 0 fully saturated rings. The number of aryl methyl sites for hydroxylation is 1. The maximum absolute atomic E-state index is 11.2. The molecule has 0 unspecified atom stereocenters. The van der Waals surface area contributed by atoms with Crippen molar-refractivity contribution in [3.05, 3.63) is 46.2 Å². The van der Waals surface area contributed by atoms with Crippen LogP contribution in [-0.2, 0) is 0 Å². The van der Waals surface area contributed by atoms with Crippen molar-refractivity contribution < 1.29 is 9.32 Å². The van der Waals surface area contributed by atoms with Gasteiger partial charge in [0, 0.05) is 23.0 Å². The Morgan fingerprint density at radius 1 is 1.41 bits per heavy atom. The number of carbonyl (C=O) groups is 1. The number of rotatable bonds is 2. The highest BCUT2D eigenvalue weighted by molar-refractivity contribution is 5.95. The second-order valence-electron chi connectivity index (χ2n) is 3.21. The Morgan fingerprint density at radius 2 is 2.12 bits per heavy atom. The van der Waals surface area contributed by atoms with Crippen LogP contribution < -0.4 is 0 Å². The number of benzene rings is 1. The normalized spacial score (nSPS) is 9.71. The highest BCUT2D eigenvalue weighted by atomic mass is 16.5. The van der Waals surface area contributed by atoms with Crippen molar-refractivity contribution in [3.63, 3.8) is 0 Å². The van der Waals surface area contributed by atoms with Gasteiger partial charge in [0.2, 0.25) is 17.6 Å². The van der Waals surface area contributed by atoms with Crippen LogP contribution >= 0.6 is 0 Å². The van der Waals surface area contributed by atoms with Crippen molar-refractivity contribution in [1.82, 2.24) is 10.1 Å². The molecule has 1 aromatic heterocycles. The van der Waals surface area contributed by atoms with Gasteiger partial charge >= 0.3 is 0 Å². The van der Waals surface area contributed by atoms with E-state index in [2.05, 4.69) is 20.2 Å². The summed E-state index contributed by atoms with van der Waals surface area (Å²) in [6, 6.07) is 6.39. The van der Waals surface area contributed by atoms with Crippen molar-refractivity contribution in [2.24, 2.45) is 5.11 Å². The van der Waals surface area contributed by atoms with E-state index >= 15 is 0 Å². The first kappa shape index (κ1) is 10.8. The molecule has 7 nitrogen and oxygen atoms in total. The van der Waals surface area contributed by atoms with Crippen LogP contribution in [0.2, 0.25) is 0 Å². The van der Waals surface area contributed by atoms with E-state index < -0.39 is 5.91 Å². The minimum atomic E-state index is -0.622. The van der Waals surface area contributed by atoms with Gasteiger partial charge in [-0.2, -0.15) is 4.98 Å². The van der Waals surface area contributed by atoms with E-state index in [1.165, 1.54) is 12.1 Å². The zero-order valence-corrected chi connectivity index (χ0v) is 8.86. The lowest BCUT2D eigenvalue weighted by Crippen LogP contribution is -1.92. The second-order valence-corrected chi connectivity index (χ2v) is 3.21. The van der Waals surface area contributed by atoms with E-state index in [4.69, 9.17) is 10.1 Å². The molecule has 0 aliphatic heterocycles. The minimum absolute atomic E-state index is 0.312. The molecule has 0 radical (unpaired) electrons. The van der Waals surface area contributed by atoms with E-state index in [0.717, 1.165) is 5.56 Å². The quantitative estimate of drug-likeness (QED) is 0.448. The number of azide groups is 1. The first-order valence-corrected chi connectivity index (χ1v) is 4.71. The van der Waals surface area contributed by atoms with Gasteiger partial charge < -0.3 is 4.52 Å². The molecule has 2 rings (SSSR count). The summed E-state index contributed by atoms with van der Waals surface area (Å²) in [5.41, 5.74) is 9.17. The molecule has 0 bridgehead atoms. The lowest BCUT2D eigenvalue weighted by Gasteiger charge is -1.96. The number of nitrogens with zero attached hydrogens (tertiary/aromatic N) is 5. The van der Waals surface area contributed by atoms with Crippen LogP contribution in [0.3, 0.4) is 0 Å². The van der Waals surface area contributed by atoms with E-state index in [1.807, 2.05) is 0 Å². The van der Waals surface area contributed by atoms with Gasteiger partial charge in [0.15, 0.2) is 0 Å². The molecule has 0 saturated heterocycles. The standard InChI is InChI=1S/C10H7N5O2/c1-6-12-9(14-17-6)7-2-4-8(5-3-7)10(16)13-15-11/h2-5H,1H3. The van der Waals surface area contributed by atoms with Gasteiger partial charge in [-0.25, -0.2) is 0 Å². The molecule has 2 aromatic rings. The first-order chi connectivity index (χ1) is 8.20. The maximum Gasteiger partial charge on any atom is 0.249 e. The maximum atomic E-state index is 11.2. The smallest absolute Gasteiger partial charge is 0.249 e. The molecule has 0 saturated carbocycles. The summed E-state index contributed by atoms with van der Waals surface area (Å²) in [7, 11) is 0. The predicted molar refractivity (Wildman–Crippen MR) is 57.9 cm³/mol. The van der Waals surface area contributed by atoms with Crippen LogP contribution in [0.15, 0.2) is 33.9 Å². The number of hydrogen-bond donors (Lipinski definition) is 0. The molecule has 1 heterocycles. The van der Waals surface area contributed by atoms with Gasteiger partial charge in [-0.1, -0.05) is 29.4 Å². The zero-order chi connectivity index (χ0) is 12.3. The summed E-state index contributed by atoms with van der Waals surface area (Å²) in [5, 5.41) is 6.74. The molecular formula is C10H7N5O2. The Bertz CT molecular complexity index is 595. The zero-order valence-electron chi connectivity index (χ0n) is 8.86. The molecule has 1 amide bonds. The number of hydrogen-bond acceptors (Lipinski definition) is 4. The van der Waals surface area contributed by atoms with E-state index in [9.17, 15) is 4.79 Å². The second kappa shape index (κ2) is 4.46. The molecule has 0 aliphatic rings. The average Bonchev–Trinajstić information content (AvgIpc) is 2.76. The number of aromatic nitrogens is 2. The van der Waals surface area contributed by atoms with Crippen molar-refractivity contribution >= 4 is 5.91 Å². The van der Waals surface area contributed by atoms with Crippen LogP contribution in [0.5, 0.6) is 0 Å². The predicted octanol–water partition coefficient (Wildman–Crippen LogP) is 2.50. The topological polar surface area (TPSA) is 105 Å². The molecule has 0 atom stereocenters. The van der Waals surface area contributed by atoms with Gasteiger partial charge in [-0.05, 0) is 10.6 Å². The largest absolute Gasteiger partial charge is 0.339 e. The fourth-order valence-electron chi connectivity index (χ4n) is 1.28. The number of carbonyl (C=O) groups excluding carboxylic acids is 1. The summed E-state index contributed by atoms with van der Waals surface area (Å²) < 4.78 is 4.84. The van der Waals surface area contributed by atoms with Crippen LogP contribution in [0, 0.1) is 6.92 Å². The van der Waals surface area contributed by atoms with Gasteiger partial charge in [-0.15, -0.1) is 0 Å². The Morgan fingerprint density at radius 3 is 2.65 bits per heavy atom. The SMILES string of the molecule is Cc1nc(-c2ccc(C(=O)N=[N+]=[N-])cc2)no1. The van der Waals surface area contributed by atoms with E-state index in [-0.39, 0.29) is 0 Å². The van der Waals surface area contributed by atoms with Crippen molar-refractivity contribution in [2.75, 3.05) is 0 Å². The van der Waals surface area contributed by atoms with Crippen molar-refractivity contribution in [3.8, 4) is 11.4 Å². The Kier molecular flexibility index (Phi) is 2.85.